The second kappa shape index (κ2) is 4.75. The molecule has 0 amide bonds. The molecule has 0 aromatic heterocycles. The summed E-state index contributed by atoms with van der Waals surface area (Å²) in [6.07, 6.45) is 4.41. The Bertz CT molecular complexity index is 196. The van der Waals surface area contributed by atoms with Crippen LogP contribution in [0, 0.1) is 0 Å². The molecule has 0 aromatic carbocycles. The number of nitrogens with one attached hydrogen (secondary N) is 1. The molecular formula is C10H17NO3. The molecule has 1 atom stereocenters. The van der Waals surface area contributed by atoms with E-state index in [1.54, 1.807) is 0 Å². The SMILES string of the molecule is O=C(OC1COC1)C1CCCCCN1. The van der Waals surface area contributed by atoms with E-state index in [1.165, 1.54) is 6.42 Å². The molecule has 0 aromatic rings. The lowest BCUT2D eigenvalue weighted by molar-refractivity contribution is -0.174. The number of carbonyl (C=O) groups is 1. The molecule has 1 N–H and O–H groups in total. The first-order valence-corrected chi connectivity index (χ1v) is 5.38. The zero-order chi connectivity index (χ0) is 9.80. The van der Waals surface area contributed by atoms with Crippen LogP contribution in [-0.4, -0.2) is 37.9 Å². The van der Waals surface area contributed by atoms with Crippen molar-refractivity contribution in [1.82, 2.24) is 5.32 Å². The number of carbonyl (C=O) groups excluding carboxylic acids is 1. The smallest absolute Gasteiger partial charge is 0.323 e. The van der Waals surface area contributed by atoms with Gasteiger partial charge in [-0.1, -0.05) is 12.8 Å². The van der Waals surface area contributed by atoms with E-state index in [-0.39, 0.29) is 18.1 Å². The fourth-order valence-corrected chi connectivity index (χ4v) is 1.76. The molecule has 0 radical (unpaired) electrons. The van der Waals surface area contributed by atoms with Crippen LogP contribution in [0.3, 0.4) is 0 Å². The van der Waals surface area contributed by atoms with E-state index >= 15 is 0 Å². The average molecular weight is 199 g/mol. The van der Waals surface area contributed by atoms with Crippen molar-refractivity contribution in [3.63, 3.8) is 0 Å². The van der Waals surface area contributed by atoms with E-state index in [2.05, 4.69) is 5.32 Å². The van der Waals surface area contributed by atoms with Gasteiger partial charge in [0, 0.05) is 0 Å². The van der Waals surface area contributed by atoms with E-state index < -0.39 is 0 Å². The van der Waals surface area contributed by atoms with Gasteiger partial charge in [-0.25, -0.2) is 0 Å². The maximum Gasteiger partial charge on any atom is 0.323 e. The second-order valence-corrected chi connectivity index (χ2v) is 3.95. The molecule has 2 rings (SSSR count). The van der Waals surface area contributed by atoms with Gasteiger partial charge >= 0.3 is 5.97 Å². The summed E-state index contributed by atoms with van der Waals surface area (Å²) >= 11 is 0. The topological polar surface area (TPSA) is 47.6 Å². The number of esters is 1. The third-order valence-electron chi connectivity index (χ3n) is 2.74. The number of hydrogen-bond donors (Lipinski definition) is 1. The fraction of sp³-hybridized carbons (Fsp3) is 0.900. The maximum absolute atomic E-state index is 11.6. The van der Waals surface area contributed by atoms with Crippen LogP contribution in [-0.2, 0) is 14.3 Å². The first kappa shape index (κ1) is 9.93. The number of rotatable bonds is 2. The van der Waals surface area contributed by atoms with Crippen LogP contribution in [0.15, 0.2) is 0 Å². The standard InChI is InChI=1S/C10H17NO3/c12-10(14-8-6-13-7-8)9-4-2-1-3-5-11-9/h8-9,11H,1-7H2. The van der Waals surface area contributed by atoms with Crippen molar-refractivity contribution in [3.8, 4) is 0 Å². The molecule has 2 fully saturated rings. The molecule has 4 nitrogen and oxygen atoms in total. The largest absolute Gasteiger partial charge is 0.456 e. The maximum atomic E-state index is 11.6. The molecule has 0 spiro atoms. The van der Waals surface area contributed by atoms with Gasteiger partial charge in [-0.15, -0.1) is 0 Å². The molecule has 14 heavy (non-hydrogen) atoms. The van der Waals surface area contributed by atoms with Gasteiger partial charge in [0.05, 0.1) is 13.2 Å². The second-order valence-electron chi connectivity index (χ2n) is 3.95. The highest BCUT2D eigenvalue weighted by molar-refractivity contribution is 5.76. The number of ether oxygens (including phenoxy) is 2. The predicted octanol–water partition coefficient (Wildman–Crippen LogP) is 0.461. The molecule has 2 heterocycles. The number of hydrogen-bond acceptors (Lipinski definition) is 4. The Morgan fingerprint density at radius 3 is 2.86 bits per heavy atom. The molecule has 0 bridgehead atoms. The Hall–Kier alpha value is -0.610. The molecule has 1 unspecified atom stereocenters. The molecule has 2 saturated heterocycles. The minimum atomic E-state index is -0.0970. The highest BCUT2D eigenvalue weighted by Gasteiger charge is 2.27. The Morgan fingerprint density at radius 2 is 2.14 bits per heavy atom. The van der Waals surface area contributed by atoms with Crippen molar-refractivity contribution in [2.45, 2.75) is 37.8 Å². The first-order chi connectivity index (χ1) is 6.86. The van der Waals surface area contributed by atoms with Gasteiger partial charge in [0.25, 0.3) is 0 Å². The van der Waals surface area contributed by atoms with Crippen LogP contribution in [0.5, 0.6) is 0 Å². The minimum absolute atomic E-state index is 0.00699. The van der Waals surface area contributed by atoms with E-state index in [1.807, 2.05) is 0 Å². The van der Waals surface area contributed by atoms with Gasteiger partial charge in [-0.05, 0) is 19.4 Å². The summed E-state index contributed by atoms with van der Waals surface area (Å²) in [5.41, 5.74) is 0. The van der Waals surface area contributed by atoms with E-state index in [0.717, 1.165) is 25.8 Å². The van der Waals surface area contributed by atoms with Gasteiger partial charge in [0.2, 0.25) is 0 Å². The zero-order valence-electron chi connectivity index (χ0n) is 8.33. The lowest BCUT2D eigenvalue weighted by Gasteiger charge is -2.27. The average Bonchev–Trinajstić information content (AvgIpc) is 2.38. The van der Waals surface area contributed by atoms with Crippen molar-refractivity contribution in [3.05, 3.63) is 0 Å². The van der Waals surface area contributed by atoms with Crippen LogP contribution in [0.25, 0.3) is 0 Å². The van der Waals surface area contributed by atoms with Crippen molar-refractivity contribution in [2.75, 3.05) is 19.8 Å². The molecule has 0 aliphatic carbocycles. The summed E-state index contributed by atoms with van der Waals surface area (Å²) in [5, 5.41) is 3.22. The normalized spacial score (nSPS) is 29.0. The van der Waals surface area contributed by atoms with Crippen molar-refractivity contribution in [1.29, 1.82) is 0 Å². The molecule has 2 aliphatic rings. The zero-order valence-corrected chi connectivity index (χ0v) is 8.33. The summed E-state index contributed by atoms with van der Waals surface area (Å²) < 4.78 is 10.2. The summed E-state index contributed by atoms with van der Waals surface area (Å²) in [6.45, 7) is 2.07. The minimum Gasteiger partial charge on any atom is -0.456 e. The third-order valence-corrected chi connectivity index (χ3v) is 2.74. The quantitative estimate of drug-likeness (QED) is 0.656. The van der Waals surface area contributed by atoms with Gasteiger partial charge in [-0.2, -0.15) is 0 Å². The van der Waals surface area contributed by atoms with Crippen LogP contribution >= 0.6 is 0 Å². The molecule has 0 saturated carbocycles. The van der Waals surface area contributed by atoms with Crippen LogP contribution in [0.4, 0.5) is 0 Å². The Balaban J connectivity index is 1.76. The van der Waals surface area contributed by atoms with E-state index in [0.29, 0.717) is 13.2 Å². The summed E-state index contributed by atoms with van der Waals surface area (Å²) in [5.74, 6) is -0.0970. The molecule has 4 heteroatoms. The van der Waals surface area contributed by atoms with Gasteiger partial charge in [-0.3, -0.25) is 4.79 Å². The summed E-state index contributed by atoms with van der Waals surface area (Å²) in [7, 11) is 0. The molecular weight excluding hydrogens is 182 g/mol. The van der Waals surface area contributed by atoms with Crippen LogP contribution in [0.1, 0.15) is 25.7 Å². The van der Waals surface area contributed by atoms with Crippen molar-refractivity contribution >= 4 is 5.97 Å². The highest BCUT2D eigenvalue weighted by Crippen LogP contribution is 2.12. The fourth-order valence-electron chi connectivity index (χ4n) is 1.76. The predicted molar refractivity (Wildman–Crippen MR) is 51.0 cm³/mol. The van der Waals surface area contributed by atoms with Crippen LogP contribution in [0.2, 0.25) is 0 Å². The van der Waals surface area contributed by atoms with Gasteiger partial charge < -0.3 is 14.8 Å². The Labute approximate surface area is 84.0 Å². The van der Waals surface area contributed by atoms with Crippen LogP contribution < -0.4 is 5.32 Å². The summed E-state index contributed by atoms with van der Waals surface area (Å²) in [4.78, 5) is 11.6. The summed E-state index contributed by atoms with van der Waals surface area (Å²) in [6, 6.07) is -0.0851. The lowest BCUT2D eigenvalue weighted by Crippen LogP contribution is -2.44. The van der Waals surface area contributed by atoms with Crippen molar-refractivity contribution < 1.29 is 14.3 Å². The Kier molecular flexibility index (Phi) is 3.37. The third kappa shape index (κ3) is 2.45. The van der Waals surface area contributed by atoms with E-state index in [9.17, 15) is 4.79 Å². The van der Waals surface area contributed by atoms with Gasteiger partial charge in [0.1, 0.15) is 12.1 Å². The Morgan fingerprint density at radius 1 is 1.29 bits per heavy atom. The molecule has 80 valence electrons. The monoisotopic (exact) mass is 199 g/mol. The van der Waals surface area contributed by atoms with Crippen molar-refractivity contribution in [2.24, 2.45) is 0 Å². The first-order valence-electron chi connectivity index (χ1n) is 5.38. The van der Waals surface area contributed by atoms with Gasteiger partial charge in [0.15, 0.2) is 0 Å². The van der Waals surface area contributed by atoms with E-state index in [4.69, 9.17) is 9.47 Å². The lowest BCUT2D eigenvalue weighted by atomic mass is 10.1. The highest BCUT2D eigenvalue weighted by atomic mass is 16.6. The molecule has 2 aliphatic heterocycles.